The summed E-state index contributed by atoms with van der Waals surface area (Å²) in [4.78, 5) is 7.19. The molecule has 2 saturated heterocycles. The van der Waals surface area contributed by atoms with E-state index in [0.717, 1.165) is 44.0 Å². The van der Waals surface area contributed by atoms with Gasteiger partial charge in [0.2, 0.25) is 0 Å². The summed E-state index contributed by atoms with van der Waals surface area (Å²) in [5, 5.41) is 8.74. The highest BCUT2D eigenvalue weighted by Crippen LogP contribution is 2.36. The third-order valence-electron chi connectivity index (χ3n) is 5.57. The Kier molecular flexibility index (Phi) is 4.93. The van der Waals surface area contributed by atoms with Gasteiger partial charge in [-0.05, 0) is 42.2 Å². The molecule has 4 heterocycles. The van der Waals surface area contributed by atoms with Crippen molar-refractivity contribution in [2.45, 2.75) is 65.5 Å². The zero-order valence-corrected chi connectivity index (χ0v) is 17.0. The van der Waals surface area contributed by atoms with Crippen molar-refractivity contribution in [1.29, 1.82) is 0 Å². The van der Waals surface area contributed by atoms with Gasteiger partial charge in [0.05, 0.1) is 36.4 Å². The Morgan fingerprint density at radius 3 is 2.74 bits per heavy atom. The molecule has 4 rings (SSSR count). The number of pyridine rings is 1. The minimum Gasteiger partial charge on any atom is -0.376 e. The lowest BCUT2D eigenvalue weighted by atomic mass is 9.84. The number of aromatic nitrogens is 4. The number of anilines is 1. The fourth-order valence-electron chi connectivity index (χ4n) is 4.12. The van der Waals surface area contributed by atoms with E-state index in [1.807, 2.05) is 17.1 Å². The van der Waals surface area contributed by atoms with E-state index in [0.29, 0.717) is 11.3 Å². The predicted octanol–water partition coefficient (Wildman–Crippen LogP) is 3.88. The molecule has 1 unspecified atom stereocenters. The highest BCUT2D eigenvalue weighted by Gasteiger charge is 2.34. The molecule has 2 aliphatic heterocycles. The van der Waals surface area contributed by atoms with Gasteiger partial charge < -0.3 is 9.64 Å². The molecule has 2 aromatic rings. The quantitative estimate of drug-likeness (QED) is 0.800. The van der Waals surface area contributed by atoms with Gasteiger partial charge in [0.25, 0.3) is 0 Å². The van der Waals surface area contributed by atoms with Crippen LogP contribution in [-0.4, -0.2) is 45.8 Å². The molecule has 2 fully saturated rings. The number of hydrogen-bond donors (Lipinski definition) is 0. The highest BCUT2D eigenvalue weighted by molar-refractivity contribution is 5.63. The van der Waals surface area contributed by atoms with Crippen LogP contribution in [0.5, 0.6) is 0 Å². The molecular formula is C21H31N5O. The van der Waals surface area contributed by atoms with Crippen molar-refractivity contribution in [1.82, 2.24) is 20.0 Å². The van der Waals surface area contributed by atoms with Crippen molar-refractivity contribution >= 4 is 5.69 Å². The van der Waals surface area contributed by atoms with Gasteiger partial charge in [-0.1, -0.05) is 32.9 Å². The third kappa shape index (κ3) is 4.00. The Bertz CT molecular complexity index is 784. The van der Waals surface area contributed by atoms with Crippen LogP contribution in [0.25, 0.3) is 11.4 Å². The van der Waals surface area contributed by atoms with Crippen LogP contribution in [-0.2, 0) is 11.3 Å². The summed E-state index contributed by atoms with van der Waals surface area (Å²) in [6.45, 7) is 12.8. The van der Waals surface area contributed by atoms with Crippen LogP contribution >= 0.6 is 0 Å². The lowest BCUT2D eigenvalue weighted by Crippen LogP contribution is -2.53. The molecule has 6 nitrogen and oxygen atoms in total. The Balaban J connectivity index is 1.54. The van der Waals surface area contributed by atoms with E-state index in [1.54, 1.807) is 0 Å². The summed E-state index contributed by atoms with van der Waals surface area (Å²) in [6.07, 6.45) is 7.76. The smallest absolute Gasteiger partial charge is 0.131 e. The van der Waals surface area contributed by atoms with E-state index in [4.69, 9.17) is 9.72 Å². The average Bonchev–Trinajstić information content (AvgIpc) is 3.08. The minimum atomic E-state index is 0.253. The van der Waals surface area contributed by atoms with E-state index in [9.17, 15) is 0 Å². The first-order valence-electron chi connectivity index (χ1n) is 10.2. The van der Waals surface area contributed by atoms with Crippen LogP contribution in [0.1, 0.15) is 58.4 Å². The predicted molar refractivity (Wildman–Crippen MR) is 107 cm³/mol. The SMILES string of the molecule is CC(C)c1cc(N2CC(C)(C)C2)cnc1-c1cn(CC2CCCCO2)nn1. The number of hydrogen-bond acceptors (Lipinski definition) is 5. The third-order valence-corrected chi connectivity index (χ3v) is 5.57. The van der Waals surface area contributed by atoms with Crippen LogP contribution in [0.4, 0.5) is 5.69 Å². The molecule has 0 aromatic carbocycles. The average molecular weight is 370 g/mol. The van der Waals surface area contributed by atoms with Gasteiger partial charge >= 0.3 is 0 Å². The van der Waals surface area contributed by atoms with Crippen LogP contribution < -0.4 is 4.90 Å². The first-order chi connectivity index (χ1) is 12.9. The molecule has 27 heavy (non-hydrogen) atoms. The summed E-state index contributed by atoms with van der Waals surface area (Å²) in [7, 11) is 0. The van der Waals surface area contributed by atoms with Gasteiger partial charge in [0.1, 0.15) is 5.69 Å². The van der Waals surface area contributed by atoms with Gasteiger partial charge in [-0.2, -0.15) is 0 Å². The van der Waals surface area contributed by atoms with Crippen molar-refractivity contribution in [3.63, 3.8) is 0 Å². The highest BCUT2D eigenvalue weighted by atomic mass is 16.5. The standard InChI is InChI=1S/C21H31N5O/c1-15(2)18-9-16(25-13-21(3,4)14-25)10-22-20(18)19-12-26(24-23-19)11-17-7-5-6-8-27-17/h9-10,12,15,17H,5-8,11,13-14H2,1-4H3. The fourth-order valence-corrected chi connectivity index (χ4v) is 4.12. The minimum absolute atomic E-state index is 0.253. The first-order valence-corrected chi connectivity index (χ1v) is 10.2. The Morgan fingerprint density at radius 2 is 2.07 bits per heavy atom. The molecular weight excluding hydrogens is 338 g/mol. The summed E-state index contributed by atoms with van der Waals surface area (Å²) >= 11 is 0. The van der Waals surface area contributed by atoms with Gasteiger partial charge in [0, 0.05) is 19.7 Å². The molecule has 0 saturated carbocycles. The molecule has 0 amide bonds. The van der Waals surface area contributed by atoms with Gasteiger partial charge in [-0.15, -0.1) is 5.10 Å². The molecule has 2 aromatic heterocycles. The van der Waals surface area contributed by atoms with Crippen molar-refractivity contribution in [2.75, 3.05) is 24.6 Å². The second-order valence-corrected chi connectivity index (χ2v) is 9.12. The summed E-state index contributed by atoms with van der Waals surface area (Å²) in [5.74, 6) is 0.383. The van der Waals surface area contributed by atoms with Crippen LogP contribution in [0.15, 0.2) is 18.5 Å². The largest absolute Gasteiger partial charge is 0.376 e. The van der Waals surface area contributed by atoms with Gasteiger partial charge in [-0.25, -0.2) is 4.68 Å². The molecule has 0 bridgehead atoms. The number of nitrogens with zero attached hydrogens (tertiary/aromatic N) is 5. The zero-order valence-electron chi connectivity index (χ0n) is 17.0. The monoisotopic (exact) mass is 369 g/mol. The molecule has 0 N–H and O–H groups in total. The fraction of sp³-hybridized carbons (Fsp3) is 0.667. The Hall–Kier alpha value is -1.95. The van der Waals surface area contributed by atoms with E-state index < -0.39 is 0 Å². The second kappa shape index (κ2) is 7.23. The van der Waals surface area contributed by atoms with Crippen molar-refractivity contribution < 1.29 is 4.74 Å². The van der Waals surface area contributed by atoms with E-state index in [1.165, 1.54) is 24.1 Å². The van der Waals surface area contributed by atoms with Crippen LogP contribution in [0.2, 0.25) is 0 Å². The first kappa shape index (κ1) is 18.4. The Labute approximate surface area is 161 Å². The molecule has 146 valence electrons. The Morgan fingerprint density at radius 1 is 1.26 bits per heavy atom. The maximum absolute atomic E-state index is 5.83. The lowest BCUT2D eigenvalue weighted by Gasteiger charge is -2.47. The van der Waals surface area contributed by atoms with Crippen LogP contribution in [0, 0.1) is 5.41 Å². The maximum Gasteiger partial charge on any atom is 0.131 e. The summed E-state index contributed by atoms with van der Waals surface area (Å²) in [5.41, 5.74) is 4.65. The summed E-state index contributed by atoms with van der Waals surface area (Å²) < 4.78 is 7.73. The van der Waals surface area contributed by atoms with Crippen molar-refractivity contribution in [2.24, 2.45) is 5.41 Å². The van der Waals surface area contributed by atoms with E-state index in [2.05, 4.69) is 49.0 Å². The molecule has 0 spiro atoms. The van der Waals surface area contributed by atoms with Crippen molar-refractivity contribution in [3.8, 4) is 11.4 Å². The van der Waals surface area contributed by atoms with Gasteiger partial charge in [0.15, 0.2) is 0 Å². The summed E-state index contributed by atoms with van der Waals surface area (Å²) in [6, 6.07) is 2.28. The van der Waals surface area contributed by atoms with Crippen LogP contribution in [0.3, 0.4) is 0 Å². The van der Waals surface area contributed by atoms with Gasteiger partial charge in [-0.3, -0.25) is 4.98 Å². The molecule has 0 aliphatic carbocycles. The zero-order chi connectivity index (χ0) is 19.0. The normalized spacial score (nSPS) is 22.1. The van der Waals surface area contributed by atoms with E-state index in [-0.39, 0.29) is 6.10 Å². The number of rotatable bonds is 5. The lowest BCUT2D eigenvalue weighted by molar-refractivity contribution is 0.00370. The maximum atomic E-state index is 5.83. The molecule has 6 heteroatoms. The van der Waals surface area contributed by atoms with Crippen molar-refractivity contribution in [3.05, 3.63) is 24.0 Å². The molecule has 2 aliphatic rings. The topological polar surface area (TPSA) is 56.1 Å². The second-order valence-electron chi connectivity index (χ2n) is 9.12. The molecule has 1 atom stereocenters. The molecule has 0 radical (unpaired) electrons. The van der Waals surface area contributed by atoms with E-state index >= 15 is 0 Å². The number of ether oxygens (including phenoxy) is 1.